The number of ether oxygens (including phenoxy) is 3. The molecule has 2 aromatic rings. The number of amides is 1. The van der Waals surface area contributed by atoms with Gasteiger partial charge in [-0.15, -0.1) is 0 Å². The van der Waals surface area contributed by atoms with E-state index in [4.69, 9.17) is 19.5 Å². The molecule has 1 amide bonds. The predicted octanol–water partition coefficient (Wildman–Crippen LogP) is 2.37. The molecule has 0 unspecified atom stereocenters. The number of methoxy groups -OCH3 is 2. The van der Waals surface area contributed by atoms with Gasteiger partial charge in [0.2, 0.25) is 0 Å². The van der Waals surface area contributed by atoms with Gasteiger partial charge in [0.1, 0.15) is 17.1 Å². The fraction of sp³-hybridized carbons (Fsp3) is 0.167. The molecule has 25 heavy (non-hydrogen) atoms. The number of hydrogen-bond acceptors (Lipinski definition) is 6. The molecule has 0 radical (unpaired) electrons. The molecule has 7 heteroatoms. The Labute approximate surface area is 144 Å². The van der Waals surface area contributed by atoms with Crippen molar-refractivity contribution in [2.45, 2.75) is 0 Å². The van der Waals surface area contributed by atoms with E-state index in [1.165, 1.54) is 14.2 Å². The zero-order chi connectivity index (χ0) is 18.2. The van der Waals surface area contributed by atoms with Crippen molar-refractivity contribution in [3.05, 3.63) is 53.6 Å². The van der Waals surface area contributed by atoms with Crippen LogP contribution >= 0.6 is 0 Å². The highest BCUT2D eigenvalue weighted by Gasteiger charge is 2.20. The highest BCUT2D eigenvalue weighted by molar-refractivity contribution is 5.98. The van der Waals surface area contributed by atoms with E-state index in [2.05, 4.69) is 5.32 Å². The fourth-order valence-corrected chi connectivity index (χ4v) is 2.08. The summed E-state index contributed by atoms with van der Waals surface area (Å²) in [6.45, 7) is -0.472. The van der Waals surface area contributed by atoms with Crippen molar-refractivity contribution in [3.8, 4) is 17.6 Å². The van der Waals surface area contributed by atoms with Gasteiger partial charge in [-0.1, -0.05) is 6.07 Å². The van der Waals surface area contributed by atoms with Gasteiger partial charge >= 0.3 is 5.97 Å². The first-order chi connectivity index (χ1) is 12.1. The van der Waals surface area contributed by atoms with Crippen molar-refractivity contribution in [3.63, 3.8) is 0 Å². The summed E-state index contributed by atoms with van der Waals surface area (Å²) in [5, 5.41) is 11.3. The minimum atomic E-state index is -0.732. The molecule has 0 saturated carbocycles. The molecule has 0 bridgehead atoms. The number of nitrogens with one attached hydrogen (secondary N) is 1. The van der Waals surface area contributed by atoms with Gasteiger partial charge in [-0.05, 0) is 36.4 Å². The molecule has 0 spiro atoms. The van der Waals surface area contributed by atoms with Crippen LogP contribution in [0, 0.1) is 11.3 Å². The molecular weight excluding hydrogens is 324 g/mol. The van der Waals surface area contributed by atoms with Crippen LogP contribution in [0.1, 0.15) is 15.9 Å². The summed E-state index contributed by atoms with van der Waals surface area (Å²) >= 11 is 0. The van der Waals surface area contributed by atoms with Crippen LogP contribution in [0.15, 0.2) is 42.5 Å². The fourth-order valence-electron chi connectivity index (χ4n) is 2.08. The van der Waals surface area contributed by atoms with Crippen molar-refractivity contribution in [2.24, 2.45) is 0 Å². The Morgan fingerprint density at radius 3 is 2.16 bits per heavy atom. The first-order valence-corrected chi connectivity index (χ1v) is 7.27. The standard InChI is InChI=1S/C18H16N2O5/c1-23-14-4-3-5-15(24-2)17(14)18(22)25-11-16(21)20-13-8-6-12(10-19)7-9-13/h3-9H,11H2,1-2H3,(H,20,21). The van der Waals surface area contributed by atoms with Gasteiger partial charge in [0.05, 0.1) is 25.9 Å². The summed E-state index contributed by atoms with van der Waals surface area (Å²) < 4.78 is 15.3. The van der Waals surface area contributed by atoms with E-state index in [0.717, 1.165) is 0 Å². The molecule has 2 aromatic carbocycles. The zero-order valence-electron chi connectivity index (χ0n) is 13.7. The van der Waals surface area contributed by atoms with E-state index in [0.29, 0.717) is 11.3 Å². The van der Waals surface area contributed by atoms with Gasteiger partial charge in [-0.2, -0.15) is 5.26 Å². The van der Waals surface area contributed by atoms with E-state index in [-0.39, 0.29) is 17.1 Å². The number of benzene rings is 2. The Morgan fingerprint density at radius 1 is 1.04 bits per heavy atom. The molecule has 0 aliphatic carbocycles. The lowest BCUT2D eigenvalue weighted by atomic mass is 10.2. The van der Waals surface area contributed by atoms with Crippen molar-refractivity contribution in [1.29, 1.82) is 5.26 Å². The Kier molecular flexibility index (Phi) is 5.96. The second-order valence-corrected chi connectivity index (χ2v) is 4.85. The average Bonchev–Trinajstić information content (AvgIpc) is 2.65. The normalized spacial score (nSPS) is 9.64. The molecule has 0 heterocycles. The Bertz CT molecular complexity index is 787. The van der Waals surface area contributed by atoms with Crippen LogP contribution in [0.3, 0.4) is 0 Å². The number of nitriles is 1. The van der Waals surface area contributed by atoms with Crippen LogP contribution in [0.4, 0.5) is 5.69 Å². The Morgan fingerprint density at radius 2 is 1.64 bits per heavy atom. The number of anilines is 1. The molecule has 0 aliphatic rings. The maximum atomic E-state index is 12.2. The van der Waals surface area contributed by atoms with Crippen LogP contribution in [-0.4, -0.2) is 32.7 Å². The summed E-state index contributed by atoms with van der Waals surface area (Å²) in [5.74, 6) is -0.662. The monoisotopic (exact) mass is 340 g/mol. The predicted molar refractivity (Wildman–Crippen MR) is 89.6 cm³/mol. The first kappa shape index (κ1) is 17.8. The topological polar surface area (TPSA) is 97.7 Å². The minimum absolute atomic E-state index is 0.110. The van der Waals surface area contributed by atoms with E-state index in [9.17, 15) is 9.59 Å². The second-order valence-electron chi connectivity index (χ2n) is 4.85. The quantitative estimate of drug-likeness (QED) is 0.811. The van der Waals surface area contributed by atoms with Crippen molar-refractivity contribution < 1.29 is 23.8 Å². The SMILES string of the molecule is COc1cccc(OC)c1C(=O)OCC(=O)Nc1ccc(C#N)cc1. The third-order valence-corrected chi connectivity index (χ3v) is 3.26. The summed E-state index contributed by atoms with van der Waals surface area (Å²) in [5.41, 5.74) is 1.08. The maximum Gasteiger partial charge on any atom is 0.346 e. The van der Waals surface area contributed by atoms with Gasteiger partial charge in [0.15, 0.2) is 6.61 Å². The van der Waals surface area contributed by atoms with Crippen molar-refractivity contribution >= 4 is 17.6 Å². The van der Waals surface area contributed by atoms with Crippen LogP contribution < -0.4 is 14.8 Å². The van der Waals surface area contributed by atoms with Crippen LogP contribution in [0.25, 0.3) is 0 Å². The van der Waals surface area contributed by atoms with Crippen LogP contribution in [0.2, 0.25) is 0 Å². The second kappa shape index (κ2) is 8.36. The van der Waals surface area contributed by atoms with E-state index < -0.39 is 18.5 Å². The number of esters is 1. The van der Waals surface area contributed by atoms with E-state index >= 15 is 0 Å². The molecule has 0 fully saturated rings. The number of carbonyl (C=O) groups is 2. The lowest BCUT2D eigenvalue weighted by molar-refractivity contribution is -0.119. The number of rotatable bonds is 6. The van der Waals surface area contributed by atoms with Crippen LogP contribution in [-0.2, 0) is 9.53 Å². The zero-order valence-corrected chi connectivity index (χ0v) is 13.7. The van der Waals surface area contributed by atoms with Crippen molar-refractivity contribution in [2.75, 3.05) is 26.1 Å². The minimum Gasteiger partial charge on any atom is -0.496 e. The third-order valence-electron chi connectivity index (χ3n) is 3.26. The van der Waals surface area contributed by atoms with Crippen LogP contribution in [0.5, 0.6) is 11.5 Å². The van der Waals surface area contributed by atoms with Gasteiger partial charge in [-0.3, -0.25) is 4.79 Å². The first-order valence-electron chi connectivity index (χ1n) is 7.27. The largest absolute Gasteiger partial charge is 0.496 e. The Balaban J connectivity index is 2.00. The van der Waals surface area contributed by atoms with Gasteiger partial charge in [-0.25, -0.2) is 4.79 Å². The highest BCUT2D eigenvalue weighted by Crippen LogP contribution is 2.28. The maximum absolute atomic E-state index is 12.2. The highest BCUT2D eigenvalue weighted by atomic mass is 16.5. The molecule has 0 aromatic heterocycles. The number of hydrogen-bond donors (Lipinski definition) is 1. The average molecular weight is 340 g/mol. The molecule has 0 atom stereocenters. The molecule has 128 valence electrons. The third kappa shape index (κ3) is 4.48. The summed E-state index contributed by atoms with van der Waals surface area (Å²) in [7, 11) is 2.84. The van der Waals surface area contributed by atoms with Gasteiger partial charge < -0.3 is 19.5 Å². The number of carbonyl (C=O) groups excluding carboxylic acids is 2. The molecule has 0 saturated heterocycles. The molecule has 0 aliphatic heterocycles. The summed E-state index contributed by atoms with van der Waals surface area (Å²) in [6.07, 6.45) is 0. The lowest BCUT2D eigenvalue weighted by Crippen LogP contribution is -2.21. The number of nitrogens with zero attached hydrogens (tertiary/aromatic N) is 1. The van der Waals surface area contributed by atoms with Gasteiger partial charge in [0, 0.05) is 5.69 Å². The summed E-state index contributed by atoms with van der Waals surface area (Å²) in [6, 6.07) is 13.2. The van der Waals surface area contributed by atoms with E-state index in [1.54, 1.807) is 42.5 Å². The molecular formula is C18H16N2O5. The Hall–Kier alpha value is -3.53. The van der Waals surface area contributed by atoms with Crippen molar-refractivity contribution in [1.82, 2.24) is 0 Å². The molecule has 7 nitrogen and oxygen atoms in total. The summed E-state index contributed by atoms with van der Waals surface area (Å²) in [4.78, 5) is 24.1. The van der Waals surface area contributed by atoms with Gasteiger partial charge in [0.25, 0.3) is 5.91 Å². The molecule has 2 rings (SSSR count). The lowest BCUT2D eigenvalue weighted by Gasteiger charge is -2.12. The molecule has 1 N–H and O–H groups in total. The van der Waals surface area contributed by atoms with E-state index in [1.807, 2.05) is 6.07 Å². The smallest absolute Gasteiger partial charge is 0.346 e.